The monoisotopic (exact) mass is 441 g/mol. The maximum absolute atomic E-state index is 12.9. The van der Waals surface area contributed by atoms with E-state index in [0.717, 1.165) is 6.42 Å². The first-order valence-electron chi connectivity index (χ1n) is 10.3. The molecule has 1 amide bonds. The van der Waals surface area contributed by atoms with Crippen molar-refractivity contribution >= 4 is 32.5 Å². The van der Waals surface area contributed by atoms with Crippen LogP contribution >= 0.6 is 0 Å². The van der Waals surface area contributed by atoms with E-state index in [1.54, 1.807) is 35.2 Å². The van der Waals surface area contributed by atoms with E-state index in [9.17, 15) is 17.8 Å². The van der Waals surface area contributed by atoms with E-state index < -0.39 is 10.1 Å². The molecule has 0 saturated heterocycles. The molecule has 0 aliphatic carbocycles. The zero-order valence-corrected chi connectivity index (χ0v) is 18.7. The van der Waals surface area contributed by atoms with Gasteiger partial charge in [-0.05, 0) is 49.1 Å². The molecular formula is C24H27NO5S. The maximum atomic E-state index is 12.9. The number of benzene rings is 3. The van der Waals surface area contributed by atoms with Crippen molar-refractivity contribution in [1.82, 2.24) is 0 Å². The van der Waals surface area contributed by atoms with Gasteiger partial charge in [0.15, 0.2) is 6.61 Å². The zero-order valence-electron chi connectivity index (χ0n) is 17.9. The minimum absolute atomic E-state index is 0.148. The second-order valence-corrected chi connectivity index (χ2v) is 8.80. The molecule has 3 aromatic rings. The molecule has 0 aromatic heterocycles. The van der Waals surface area contributed by atoms with Gasteiger partial charge in [-0.2, -0.15) is 8.42 Å². The fourth-order valence-corrected chi connectivity index (χ4v) is 4.26. The molecule has 1 unspecified atom stereocenters. The molecule has 31 heavy (non-hydrogen) atoms. The summed E-state index contributed by atoms with van der Waals surface area (Å²) in [5.41, 5.74) is 1.79. The number of ether oxygens (including phenoxy) is 1. The van der Waals surface area contributed by atoms with Gasteiger partial charge in [0.25, 0.3) is 16.0 Å². The summed E-state index contributed by atoms with van der Waals surface area (Å²) in [5, 5.41) is 0.918. The van der Waals surface area contributed by atoms with Crippen molar-refractivity contribution < 1.29 is 22.5 Å². The van der Waals surface area contributed by atoms with Crippen LogP contribution < -0.4 is 9.64 Å². The molecule has 1 N–H and O–H groups in total. The molecule has 164 valence electrons. The Hall–Kier alpha value is -2.90. The van der Waals surface area contributed by atoms with Crippen molar-refractivity contribution in [3.05, 3.63) is 66.2 Å². The van der Waals surface area contributed by atoms with E-state index in [1.165, 1.54) is 11.6 Å². The summed E-state index contributed by atoms with van der Waals surface area (Å²) in [7, 11) is -4.39. The summed E-state index contributed by atoms with van der Waals surface area (Å²) in [4.78, 5) is 14.3. The third-order valence-electron chi connectivity index (χ3n) is 5.47. The van der Waals surface area contributed by atoms with Gasteiger partial charge in [-0.3, -0.25) is 9.35 Å². The number of hydrogen-bond donors (Lipinski definition) is 1. The Morgan fingerprint density at radius 3 is 2.26 bits per heavy atom. The van der Waals surface area contributed by atoms with E-state index >= 15 is 0 Å². The van der Waals surface area contributed by atoms with Gasteiger partial charge < -0.3 is 9.64 Å². The summed E-state index contributed by atoms with van der Waals surface area (Å²) >= 11 is 0. The van der Waals surface area contributed by atoms with Crippen molar-refractivity contribution in [1.29, 1.82) is 0 Å². The molecule has 0 saturated carbocycles. The largest absolute Gasteiger partial charge is 0.484 e. The lowest BCUT2D eigenvalue weighted by Gasteiger charge is -2.23. The number of amides is 1. The number of carbonyl (C=O) groups is 1. The Balaban J connectivity index is 1.83. The second-order valence-electron chi connectivity index (χ2n) is 7.41. The normalized spacial score (nSPS) is 12.5. The van der Waals surface area contributed by atoms with Crippen molar-refractivity contribution in [3.63, 3.8) is 0 Å². The van der Waals surface area contributed by atoms with Crippen LogP contribution in [0.2, 0.25) is 0 Å². The van der Waals surface area contributed by atoms with Crippen LogP contribution in [0.15, 0.2) is 65.6 Å². The molecular weight excluding hydrogens is 414 g/mol. The molecule has 7 heteroatoms. The van der Waals surface area contributed by atoms with Crippen LogP contribution in [0.1, 0.15) is 38.7 Å². The minimum atomic E-state index is -4.39. The fraction of sp³-hybridized carbons (Fsp3) is 0.292. The number of nitrogens with zero attached hydrogens (tertiary/aromatic N) is 1. The highest BCUT2D eigenvalue weighted by Crippen LogP contribution is 2.31. The van der Waals surface area contributed by atoms with E-state index in [0.29, 0.717) is 34.7 Å². The zero-order chi connectivity index (χ0) is 22.6. The number of rotatable bonds is 8. The van der Waals surface area contributed by atoms with Gasteiger partial charge in [0, 0.05) is 17.3 Å². The number of carbonyl (C=O) groups excluding carboxylic acids is 1. The number of likely N-dealkylation sites (N-methyl/N-ethyl adjacent to an activating group) is 1. The van der Waals surface area contributed by atoms with Crippen LogP contribution in [0.3, 0.4) is 0 Å². The standard InChI is InChI=1S/C24H27NO5S/c1-4-17(3)18-12-14-19(15-13-18)30-16-24(26)25(5-2)22-10-6-9-21-20(22)8-7-11-23(21)31(27,28)29/h6-15,17H,4-5,16H2,1-3H3,(H,27,28,29). The van der Waals surface area contributed by atoms with Gasteiger partial charge in [-0.15, -0.1) is 0 Å². The minimum Gasteiger partial charge on any atom is -0.484 e. The summed E-state index contributed by atoms with van der Waals surface area (Å²) in [6.45, 7) is 6.37. The van der Waals surface area contributed by atoms with Crippen LogP contribution in [-0.4, -0.2) is 32.0 Å². The van der Waals surface area contributed by atoms with Gasteiger partial charge in [0.05, 0.1) is 5.69 Å². The topological polar surface area (TPSA) is 83.9 Å². The summed E-state index contributed by atoms with van der Waals surface area (Å²) < 4.78 is 38.7. The SMILES string of the molecule is CCC(C)c1ccc(OCC(=O)N(CC)c2cccc3c(S(=O)(=O)O)cccc23)cc1. The lowest BCUT2D eigenvalue weighted by atomic mass is 9.99. The Labute approximate surface area is 183 Å². The predicted octanol–water partition coefficient (Wildman–Crippen LogP) is 5.03. The van der Waals surface area contributed by atoms with Crippen molar-refractivity contribution in [2.24, 2.45) is 0 Å². The predicted molar refractivity (Wildman–Crippen MR) is 122 cm³/mol. The highest BCUT2D eigenvalue weighted by molar-refractivity contribution is 7.86. The summed E-state index contributed by atoms with van der Waals surface area (Å²) in [6.07, 6.45) is 1.05. The highest BCUT2D eigenvalue weighted by atomic mass is 32.2. The van der Waals surface area contributed by atoms with E-state index in [4.69, 9.17) is 4.74 Å². The molecule has 0 spiro atoms. The molecule has 0 heterocycles. The lowest BCUT2D eigenvalue weighted by molar-refractivity contribution is -0.120. The molecule has 0 aliphatic heterocycles. The number of fused-ring (bicyclic) bond motifs is 1. The van der Waals surface area contributed by atoms with Crippen molar-refractivity contribution in [2.45, 2.75) is 38.0 Å². The maximum Gasteiger partial charge on any atom is 0.295 e. The van der Waals surface area contributed by atoms with Gasteiger partial charge in [0.1, 0.15) is 10.6 Å². The first kappa shape index (κ1) is 22.8. The molecule has 0 radical (unpaired) electrons. The Bertz CT molecular complexity index is 1170. The molecule has 0 bridgehead atoms. The van der Waals surface area contributed by atoms with Gasteiger partial charge >= 0.3 is 0 Å². The first-order chi connectivity index (χ1) is 14.8. The van der Waals surface area contributed by atoms with E-state index in [1.807, 2.05) is 31.2 Å². The van der Waals surface area contributed by atoms with E-state index in [-0.39, 0.29) is 17.4 Å². The van der Waals surface area contributed by atoms with E-state index in [2.05, 4.69) is 13.8 Å². The third kappa shape index (κ3) is 5.06. The van der Waals surface area contributed by atoms with Crippen molar-refractivity contribution in [2.75, 3.05) is 18.1 Å². The second kappa shape index (κ2) is 9.49. The fourth-order valence-electron chi connectivity index (χ4n) is 3.56. The molecule has 0 fully saturated rings. The lowest BCUT2D eigenvalue weighted by Crippen LogP contribution is -2.35. The van der Waals surface area contributed by atoms with Crippen LogP contribution in [0.25, 0.3) is 10.8 Å². The summed E-state index contributed by atoms with van der Waals surface area (Å²) in [6, 6.07) is 17.4. The molecule has 3 rings (SSSR count). The molecule has 0 aliphatic rings. The molecule has 6 nitrogen and oxygen atoms in total. The first-order valence-corrected chi connectivity index (χ1v) is 11.7. The third-order valence-corrected chi connectivity index (χ3v) is 6.38. The summed E-state index contributed by atoms with van der Waals surface area (Å²) in [5.74, 6) is 0.826. The van der Waals surface area contributed by atoms with Gasteiger partial charge in [-0.1, -0.05) is 50.2 Å². The van der Waals surface area contributed by atoms with Gasteiger partial charge in [0.2, 0.25) is 0 Å². The van der Waals surface area contributed by atoms with Gasteiger partial charge in [-0.25, -0.2) is 0 Å². The van der Waals surface area contributed by atoms with Crippen LogP contribution in [0.5, 0.6) is 5.75 Å². The average Bonchev–Trinajstić information content (AvgIpc) is 2.77. The quantitative estimate of drug-likeness (QED) is 0.496. The number of anilines is 1. The highest BCUT2D eigenvalue weighted by Gasteiger charge is 2.20. The Morgan fingerprint density at radius 1 is 1.00 bits per heavy atom. The van der Waals surface area contributed by atoms with Crippen LogP contribution in [0, 0.1) is 0 Å². The Kier molecular flexibility index (Phi) is 6.97. The number of hydrogen-bond acceptors (Lipinski definition) is 4. The van der Waals surface area contributed by atoms with Crippen molar-refractivity contribution in [3.8, 4) is 5.75 Å². The van der Waals surface area contributed by atoms with Crippen LogP contribution in [0.4, 0.5) is 5.69 Å². The van der Waals surface area contributed by atoms with Crippen LogP contribution in [-0.2, 0) is 14.9 Å². The molecule has 1 atom stereocenters. The smallest absolute Gasteiger partial charge is 0.295 e. The Morgan fingerprint density at radius 2 is 1.65 bits per heavy atom. The molecule has 3 aromatic carbocycles. The average molecular weight is 442 g/mol.